The fourth-order valence-corrected chi connectivity index (χ4v) is 3.63. The number of hydrogen-bond acceptors (Lipinski definition) is 5. The summed E-state index contributed by atoms with van der Waals surface area (Å²) in [6, 6.07) is -0.808. The summed E-state index contributed by atoms with van der Waals surface area (Å²) in [6.07, 6.45) is 9.30. The molecule has 2 aliphatic rings. The molecule has 8 heteroatoms. The Kier molecular flexibility index (Phi) is 6.01. The first kappa shape index (κ1) is 17.8. The monoisotopic (exact) mass is 349 g/mol. The molecule has 0 aromatic carbocycles. The van der Waals surface area contributed by atoms with Crippen LogP contribution < -0.4 is 5.32 Å². The molecule has 1 aliphatic carbocycles. The van der Waals surface area contributed by atoms with Gasteiger partial charge in [0, 0.05) is 26.3 Å². The van der Waals surface area contributed by atoms with Gasteiger partial charge in [0.15, 0.2) is 0 Å². The molecule has 1 aromatic heterocycles. The van der Waals surface area contributed by atoms with Gasteiger partial charge in [0.25, 0.3) is 5.91 Å². The van der Waals surface area contributed by atoms with Gasteiger partial charge < -0.3 is 10.1 Å². The summed E-state index contributed by atoms with van der Waals surface area (Å²) in [6.45, 7) is 1.71. The number of hydrogen-bond donors (Lipinski definition) is 1. The molecule has 25 heavy (non-hydrogen) atoms. The van der Waals surface area contributed by atoms with Crippen LogP contribution in [0, 0.1) is 5.92 Å². The van der Waals surface area contributed by atoms with E-state index in [0.717, 1.165) is 12.8 Å². The molecule has 1 atom stereocenters. The molecule has 1 N–H and O–H groups in total. The summed E-state index contributed by atoms with van der Waals surface area (Å²) in [7, 11) is 1.63. The number of imide groups is 1. The summed E-state index contributed by atoms with van der Waals surface area (Å²) in [5.74, 6) is 0.298. The molecule has 3 amide bonds. The maximum Gasteiger partial charge on any atom is 0.324 e. The maximum absolute atomic E-state index is 12.6. The van der Waals surface area contributed by atoms with Crippen molar-refractivity contribution in [3.63, 3.8) is 0 Å². The van der Waals surface area contributed by atoms with Crippen molar-refractivity contribution < 1.29 is 14.3 Å². The smallest absolute Gasteiger partial charge is 0.324 e. The van der Waals surface area contributed by atoms with E-state index in [4.69, 9.17) is 4.74 Å². The van der Waals surface area contributed by atoms with Gasteiger partial charge in [-0.2, -0.15) is 0 Å². The topological polar surface area (TPSA) is 89.4 Å². The molecule has 1 saturated carbocycles. The van der Waals surface area contributed by atoms with Crippen LogP contribution in [0.2, 0.25) is 0 Å². The molecule has 0 unspecified atom stereocenters. The van der Waals surface area contributed by atoms with Gasteiger partial charge in [0.1, 0.15) is 6.04 Å². The number of carbonyl (C=O) groups is 2. The van der Waals surface area contributed by atoms with Gasteiger partial charge in [-0.3, -0.25) is 9.69 Å². The van der Waals surface area contributed by atoms with E-state index < -0.39 is 6.04 Å². The second-order valence-corrected chi connectivity index (χ2v) is 6.98. The van der Waals surface area contributed by atoms with Crippen LogP contribution in [-0.2, 0) is 22.5 Å². The van der Waals surface area contributed by atoms with E-state index in [0.29, 0.717) is 37.7 Å². The summed E-state index contributed by atoms with van der Waals surface area (Å²) in [4.78, 5) is 26.3. The summed E-state index contributed by atoms with van der Waals surface area (Å²) >= 11 is 0. The molecule has 138 valence electrons. The Balaban J connectivity index is 1.56. The number of ether oxygens (including phenoxy) is 1. The van der Waals surface area contributed by atoms with Crippen molar-refractivity contribution >= 4 is 11.9 Å². The zero-order valence-corrected chi connectivity index (χ0v) is 14.8. The highest BCUT2D eigenvalue weighted by Gasteiger charge is 2.39. The highest BCUT2D eigenvalue weighted by Crippen LogP contribution is 2.25. The molecular weight excluding hydrogens is 322 g/mol. The Hall–Kier alpha value is -1.96. The third-order valence-corrected chi connectivity index (χ3v) is 5.05. The summed E-state index contributed by atoms with van der Waals surface area (Å²) < 4.78 is 6.69. The Morgan fingerprint density at radius 3 is 2.72 bits per heavy atom. The zero-order chi connectivity index (χ0) is 17.6. The number of aromatic nitrogens is 3. The fourth-order valence-electron chi connectivity index (χ4n) is 3.63. The molecule has 2 fully saturated rings. The van der Waals surface area contributed by atoms with Gasteiger partial charge in [-0.15, -0.1) is 5.10 Å². The molecule has 0 spiro atoms. The molecule has 2 heterocycles. The average molecular weight is 349 g/mol. The Bertz CT molecular complexity index is 595. The molecule has 8 nitrogen and oxygen atoms in total. The van der Waals surface area contributed by atoms with Crippen molar-refractivity contribution in [2.75, 3.05) is 20.3 Å². The van der Waals surface area contributed by atoms with Crippen molar-refractivity contribution in [3.8, 4) is 0 Å². The molecular formula is C17H27N5O3. The first-order chi connectivity index (χ1) is 12.2. The standard InChI is InChI=1S/C17H27N5O3/c1-25-9-8-21-12-14(19-20-21)10-15-16(23)22(17(24)18-15)11-13-6-4-2-3-5-7-13/h12-13,15H,2-11H2,1H3,(H,18,24)/t15-/m0/s1. The van der Waals surface area contributed by atoms with E-state index in [-0.39, 0.29) is 11.9 Å². The quantitative estimate of drug-likeness (QED) is 0.593. The van der Waals surface area contributed by atoms with Crippen molar-refractivity contribution in [2.45, 2.75) is 57.5 Å². The number of methoxy groups -OCH3 is 1. The molecule has 1 saturated heterocycles. The van der Waals surface area contributed by atoms with Gasteiger partial charge in [-0.25, -0.2) is 9.48 Å². The maximum atomic E-state index is 12.6. The van der Waals surface area contributed by atoms with Crippen LogP contribution in [0.5, 0.6) is 0 Å². The van der Waals surface area contributed by atoms with Crippen molar-refractivity contribution in [3.05, 3.63) is 11.9 Å². The number of amides is 3. The predicted octanol–water partition coefficient (Wildman–Crippen LogP) is 1.36. The Morgan fingerprint density at radius 1 is 1.24 bits per heavy atom. The van der Waals surface area contributed by atoms with Crippen molar-refractivity contribution in [2.24, 2.45) is 5.92 Å². The first-order valence-corrected chi connectivity index (χ1v) is 9.17. The van der Waals surface area contributed by atoms with Crippen LogP contribution >= 0.6 is 0 Å². The lowest BCUT2D eigenvalue weighted by atomic mass is 10.00. The van der Waals surface area contributed by atoms with E-state index in [2.05, 4.69) is 15.6 Å². The second kappa shape index (κ2) is 8.42. The highest BCUT2D eigenvalue weighted by molar-refractivity contribution is 6.04. The Labute approximate surface area is 147 Å². The zero-order valence-electron chi connectivity index (χ0n) is 14.8. The molecule has 3 rings (SSSR count). The van der Waals surface area contributed by atoms with Crippen molar-refractivity contribution in [1.82, 2.24) is 25.2 Å². The molecule has 0 radical (unpaired) electrons. The Morgan fingerprint density at radius 2 is 2.00 bits per heavy atom. The average Bonchev–Trinajstić information content (AvgIpc) is 3.02. The van der Waals surface area contributed by atoms with E-state index in [9.17, 15) is 9.59 Å². The number of rotatable bonds is 7. The van der Waals surface area contributed by atoms with E-state index >= 15 is 0 Å². The number of urea groups is 1. The number of nitrogens with one attached hydrogen (secondary N) is 1. The third kappa shape index (κ3) is 4.56. The minimum absolute atomic E-state index is 0.138. The van der Waals surface area contributed by atoms with Crippen LogP contribution in [-0.4, -0.2) is 58.1 Å². The van der Waals surface area contributed by atoms with Gasteiger partial charge in [0.05, 0.1) is 18.8 Å². The lowest BCUT2D eigenvalue weighted by Gasteiger charge is -2.20. The van der Waals surface area contributed by atoms with Gasteiger partial charge >= 0.3 is 6.03 Å². The highest BCUT2D eigenvalue weighted by atomic mass is 16.5. The van der Waals surface area contributed by atoms with E-state index in [1.807, 2.05) is 0 Å². The van der Waals surface area contributed by atoms with Crippen LogP contribution in [0.15, 0.2) is 6.20 Å². The second-order valence-electron chi connectivity index (χ2n) is 6.98. The van der Waals surface area contributed by atoms with Crippen LogP contribution in [0.4, 0.5) is 4.79 Å². The predicted molar refractivity (Wildman–Crippen MR) is 90.8 cm³/mol. The fraction of sp³-hybridized carbons (Fsp3) is 0.765. The third-order valence-electron chi connectivity index (χ3n) is 5.05. The minimum Gasteiger partial charge on any atom is -0.383 e. The van der Waals surface area contributed by atoms with Gasteiger partial charge in [-0.1, -0.05) is 30.9 Å². The largest absolute Gasteiger partial charge is 0.383 e. The SMILES string of the molecule is COCCn1cc(C[C@@H]2NC(=O)N(CC3CCCCCC3)C2=O)nn1. The molecule has 0 bridgehead atoms. The minimum atomic E-state index is -0.536. The van der Waals surface area contributed by atoms with Crippen LogP contribution in [0.3, 0.4) is 0 Å². The molecule has 1 aromatic rings. The van der Waals surface area contributed by atoms with Crippen molar-refractivity contribution in [1.29, 1.82) is 0 Å². The number of nitrogens with zero attached hydrogens (tertiary/aromatic N) is 4. The van der Waals surface area contributed by atoms with E-state index in [1.165, 1.54) is 30.6 Å². The summed E-state index contributed by atoms with van der Waals surface area (Å²) in [5.41, 5.74) is 0.700. The lowest BCUT2D eigenvalue weighted by molar-refractivity contribution is -0.127. The van der Waals surface area contributed by atoms with Gasteiger partial charge in [0.2, 0.25) is 0 Å². The first-order valence-electron chi connectivity index (χ1n) is 9.17. The summed E-state index contributed by atoms with van der Waals surface area (Å²) in [5, 5.41) is 10.9. The lowest BCUT2D eigenvalue weighted by Crippen LogP contribution is -2.36. The number of carbonyl (C=O) groups excluding carboxylic acids is 2. The van der Waals surface area contributed by atoms with Crippen LogP contribution in [0.25, 0.3) is 0 Å². The normalized spacial score (nSPS) is 22.3. The van der Waals surface area contributed by atoms with E-state index in [1.54, 1.807) is 18.0 Å². The van der Waals surface area contributed by atoms with Gasteiger partial charge in [-0.05, 0) is 18.8 Å². The molecule has 1 aliphatic heterocycles. The van der Waals surface area contributed by atoms with Crippen LogP contribution in [0.1, 0.15) is 44.2 Å².